The zero-order chi connectivity index (χ0) is 14.8. The average molecular weight is 288 g/mol. The minimum Gasteiger partial charge on any atom is -0.341 e. The number of rotatable bonds is 2. The fourth-order valence-corrected chi connectivity index (χ4v) is 2.81. The van der Waals surface area contributed by atoms with E-state index < -0.39 is 5.82 Å². The van der Waals surface area contributed by atoms with Crippen molar-refractivity contribution < 1.29 is 9.18 Å². The fraction of sp³-hybridized carbons (Fsp3) is 0.375. The zero-order valence-corrected chi connectivity index (χ0v) is 11.7. The van der Waals surface area contributed by atoms with Crippen molar-refractivity contribution in [1.82, 2.24) is 9.47 Å². The summed E-state index contributed by atoms with van der Waals surface area (Å²) >= 11 is 0. The van der Waals surface area contributed by atoms with E-state index >= 15 is 0 Å². The SMILES string of the molecule is O=C(Cn1ccc(=O)c2cc(F)ccc21)N1CCCCC1. The molecule has 0 atom stereocenters. The predicted molar refractivity (Wildman–Crippen MR) is 78.6 cm³/mol. The summed E-state index contributed by atoms with van der Waals surface area (Å²) in [6, 6.07) is 5.46. The maximum Gasteiger partial charge on any atom is 0.242 e. The van der Waals surface area contributed by atoms with Gasteiger partial charge in [-0.05, 0) is 37.5 Å². The van der Waals surface area contributed by atoms with Gasteiger partial charge in [-0.15, -0.1) is 0 Å². The van der Waals surface area contributed by atoms with E-state index in [2.05, 4.69) is 0 Å². The number of benzene rings is 1. The molecule has 21 heavy (non-hydrogen) atoms. The van der Waals surface area contributed by atoms with E-state index in [1.165, 1.54) is 24.6 Å². The van der Waals surface area contributed by atoms with Gasteiger partial charge in [0.05, 0.1) is 5.52 Å². The summed E-state index contributed by atoms with van der Waals surface area (Å²) in [5.41, 5.74) is 0.362. The minimum absolute atomic E-state index is 0.0453. The lowest BCUT2D eigenvalue weighted by atomic mass is 10.1. The van der Waals surface area contributed by atoms with Crippen LogP contribution in [-0.4, -0.2) is 28.5 Å². The Morgan fingerprint density at radius 1 is 1.14 bits per heavy atom. The number of aromatic nitrogens is 1. The van der Waals surface area contributed by atoms with Gasteiger partial charge in [-0.3, -0.25) is 9.59 Å². The number of hydrogen-bond donors (Lipinski definition) is 0. The van der Waals surface area contributed by atoms with Crippen LogP contribution >= 0.6 is 0 Å². The van der Waals surface area contributed by atoms with Crippen LogP contribution in [0.1, 0.15) is 19.3 Å². The van der Waals surface area contributed by atoms with Gasteiger partial charge in [0, 0.05) is 30.7 Å². The number of hydrogen-bond acceptors (Lipinski definition) is 2. The van der Waals surface area contributed by atoms with Crippen molar-refractivity contribution in [2.45, 2.75) is 25.8 Å². The number of piperidine rings is 1. The number of pyridine rings is 1. The molecular weight excluding hydrogens is 271 g/mol. The molecule has 2 aromatic rings. The Hall–Kier alpha value is -2.17. The lowest BCUT2D eigenvalue weighted by Gasteiger charge is -2.27. The third-order valence-electron chi connectivity index (χ3n) is 3.95. The first-order valence-electron chi connectivity index (χ1n) is 7.21. The van der Waals surface area contributed by atoms with Gasteiger partial charge in [0.15, 0.2) is 5.43 Å². The van der Waals surface area contributed by atoms with Gasteiger partial charge in [0.1, 0.15) is 12.4 Å². The molecule has 0 radical (unpaired) electrons. The molecule has 4 nitrogen and oxygen atoms in total. The van der Waals surface area contributed by atoms with Crippen LogP contribution in [-0.2, 0) is 11.3 Å². The standard InChI is InChI=1S/C16H17FN2O2/c17-12-4-5-14-13(10-12)15(20)6-9-19(14)11-16(21)18-7-2-1-3-8-18/h4-6,9-10H,1-3,7-8,11H2. The molecule has 1 aromatic carbocycles. The van der Waals surface area contributed by atoms with Crippen molar-refractivity contribution in [1.29, 1.82) is 0 Å². The van der Waals surface area contributed by atoms with Gasteiger partial charge in [-0.25, -0.2) is 4.39 Å². The highest BCUT2D eigenvalue weighted by molar-refractivity contribution is 5.82. The maximum atomic E-state index is 13.3. The maximum absolute atomic E-state index is 13.3. The lowest BCUT2D eigenvalue weighted by Crippen LogP contribution is -2.37. The molecule has 1 aromatic heterocycles. The molecule has 1 saturated heterocycles. The Balaban J connectivity index is 1.92. The summed E-state index contributed by atoms with van der Waals surface area (Å²) in [6.45, 7) is 1.78. The highest BCUT2D eigenvalue weighted by Crippen LogP contribution is 2.14. The third-order valence-corrected chi connectivity index (χ3v) is 3.95. The van der Waals surface area contributed by atoms with Crippen LogP contribution in [0.5, 0.6) is 0 Å². The van der Waals surface area contributed by atoms with E-state index in [0.717, 1.165) is 25.9 Å². The Bertz CT molecular complexity index is 733. The minimum atomic E-state index is -0.445. The number of nitrogens with zero attached hydrogens (tertiary/aromatic N) is 2. The molecule has 3 rings (SSSR count). The molecular formula is C16H17FN2O2. The highest BCUT2D eigenvalue weighted by Gasteiger charge is 2.17. The van der Waals surface area contributed by atoms with Gasteiger partial charge in [-0.2, -0.15) is 0 Å². The van der Waals surface area contributed by atoms with Crippen molar-refractivity contribution in [2.75, 3.05) is 13.1 Å². The molecule has 0 unspecified atom stereocenters. The first kappa shape index (κ1) is 13.8. The number of carbonyl (C=O) groups is 1. The lowest BCUT2D eigenvalue weighted by molar-refractivity contribution is -0.132. The molecule has 110 valence electrons. The number of fused-ring (bicyclic) bond motifs is 1. The predicted octanol–water partition coefficient (Wildman–Crippen LogP) is 2.15. The first-order valence-corrected chi connectivity index (χ1v) is 7.21. The number of amides is 1. The monoisotopic (exact) mass is 288 g/mol. The Morgan fingerprint density at radius 2 is 1.90 bits per heavy atom. The Morgan fingerprint density at radius 3 is 2.67 bits per heavy atom. The van der Waals surface area contributed by atoms with Crippen LogP contribution in [0.15, 0.2) is 35.3 Å². The second-order valence-corrected chi connectivity index (χ2v) is 5.41. The molecule has 5 heteroatoms. The summed E-state index contributed by atoms with van der Waals surface area (Å²) in [5, 5.41) is 0.309. The first-order chi connectivity index (χ1) is 10.1. The molecule has 1 fully saturated rings. The van der Waals surface area contributed by atoms with Gasteiger partial charge < -0.3 is 9.47 Å². The van der Waals surface area contributed by atoms with Crippen molar-refractivity contribution >= 4 is 16.8 Å². The molecule has 2 heterocycles. The molecule has 0 saturated carbocycles. The number of halogens is 1. The van der Waals surface area contributed by atoms with Crippen molar-refractivity contribution in [3.63, 3.8) is 0 Å². The molecule has 1 aliphatic rings. The van der Waals surface area contributed by atoms with Crippen LogP contribution < -0.4 is 5.43 Å². The van der Waals surface area contributed by atoms with E-state index in [-0.39, 0.29) is 17.9 Å². The molecule has 0 aliphatic carbocycles. The summed E-state index contributed by atoms with van der Waals surface area (Å²) in [7, 11) is 0. The zero-order valence-electron chi connectivity index (χ0n) is 11.7. The number of carbonyl (C=O) groups excluding carboxylic acids is 1. The molecule has 1 amide bonds. The van der Waals surface area contributed by atoms with E-state index in [1.807, 2.05) is 4.90 Å². The van der Waals surface area contributed by atoms with Gasteiger partial charge in [0.25, 0.3) is 0 Å². The van der Waals surface area contributed by atoms with Crippen LogP contribution in [0, 0.1) is 5.82 Å². The molecule has 1 aliphatic heterocycles. The van der Waals surface area contributed by atoms with Gasteiger partial charge in [-0.1, -0.05) is 0 Å². The quantitative estimate of drug-likeness (QED) is 0.850. The van der Waals surface area contributed by atoms with Crippen molar-refractivity contribution in [3.8, 4) is 0 Å². The Kier molecular flexibility index (Phi) is 3.73. The van der Waals surface area contributed by atoms with Crippen molar-refractivity contribution in [3.05, 3.63) is 46.5 Å². The molecule has 0 N–H and O–H groups in total. The van der Waals surface area contributed by atoms with E-state index in [1.54, 1.807) is 16.8 Å². The van der Waals surface area contributed by atoms with E-state index in [0.29, 0.717) is 10.9 Å². The summed E-state index contributed by atoms with van der Waals surface area (Å²) in [5.74, 6) is -0.399. The van der Waals surface area contributed by atoms with Crippen molar-refractivity contribution in [2.24, 2.45) is 0 Å². The summed E-state index contributed by atoms with van der Waals surface area (Å²) in [6.07, 6.45) is 4.86. The van der Waals surface area contributed by atoms with Crippen LogP contribution in [0.3, 0.4) is 0 Å². The highest BCUT2D eigenvalue weighted by atomic mass is 19.1. The van der Waals surface area contributed by atoms with Gasteiger partial charge in [0.2, 0.25) is 5.91 Å². The van der Waals surface area contributed by atoms with Crippen LogP contribution in [0.2, 0.25) is 0 Å². The second kappa shape index (κ2) is 5.68. The largest absolute Gasteiger partial charge is 0.341 e. The normalized spacial score (nSPS) is 15.4. The number of likely N-dealkylation sites (tertiary alicyclic amines) is 1. The van der Waals surface area contributed by atoms with Gasteiger partial charge >= 0.3 is 0 Å². The van der Waals surface area contributed by atoms with E-state index in [4.69, 9.17) is 0 Å². The fourth-order valence-electron chi connectivity index (χ4n) is 2.81. The average Bonchev–Trinajstić information content (AvgIpc) is 2.51. The molecule has 0 bridgehead atoms. The smallest absolute Gasteiger partial charge is 0.242 e. The third kappa shape index (κ3) is 2.82. The Labute approximate surface area is 121 Å². The van der Waals surface area contributed by atoms with E-state index in [9.17, 15) is 14.0 Å². The summed E-state index contributed by atoms with van der Waals surface area (Å²) < 4.78 is 15.0. The topological polar surface area (TPSA) is 42.3 Å². The second-order valence-electron chi connectivity index (χ2n) is 5.41. The summed E-state index contributed by atoms with van der Waals surface area (Å²) in [4.78, 5) is 26.0. The van der Waals surface area contributed by atoms with Crippen LogP contribution in [0.25, 0.3) is 10.9 Å². The van der Waals surface area contributed by atoms with Crippen LogP contribution in [0.4, 0.5) is 4.39 Å². The molecule has 0 spiro atoms.